The van der Waals surface area contributed by atoms with Crippen molar-refractivity contribution >= 4 is 6.03 Å². The van der Waals surface area contributed by atoms with Crippen molar-refractivity contribution < 1.29 is 9.90 Å². The molecule has 4 nitrogen and oxygen atoms in total. The second-order valence-corrected chi connectivity index (χ2v) is 3.33. The Morgan fingerprint density at radius 3 is 2.75 bits per heavy atom. The average Bonchev–Trinajstić information content (AvgIpc) is 1.97. The van der Waals surface area contributed by atoms with Crippen LogP contribution in [0.3, 0.4) is 0 Å². The highest BCUT2D eigenvalue weighted by molar-refractivity contribution is 5.74. The molecule has 4 heteroatoms. The Hall–Kier alpha value is -0.770. The number of nitrogens with one attached hydrogen (secondary N) is 2. The van der Waals surface area contributed by atoms with Gasteiger partial charge < -0.3 is 15.7 Å². The minimum absolute atomic E-state index is 0.0158. The van der Waals surface area contributed by atoms with Crippen molar-refractivity contribution in [2.45, 2.75) is 38.3 Å². The molecular formula is C8H16N2O2. The highest BCUT2D eigenvalue weighted by atomic mass is 16.3. The van der Waals surface area contributed by atoms with Gasteiger partial charge in [0.1, 0.15) is 0 Å². The molecule has 2 amide bonds. The standard InChI is InChI=1S/C8H16N2O2/c1-6(5-11)9-8(12)10-7-3-2-4-7/h6-7,11H,2-5H2,1H3,(H2,9,10,12)/t6-/m1/s1. The Labute approximate surface area is 72.3 Å². The summed E-state index contributed by atoms with van der Waals surface area (Å²) in [5.74, 6) is 0. The minimum Gasteiger partial charge on any atom is -0.394 e. The van der Waals surface area contributed by atoms with E-state index in [0.717, 1.165) is 12.8 Å². The molecule has 1 rings (SSSR count). The number of hydrogen-bond donors (Lipinski definition) is 3. The second kappa shape index (κ2) is 4.30. The summed E-state index contributed by atoms with van der Waals surface area (Å²) in [6, 6.07) is 0.0298. The predicted molar refractivity (Wildman–Crippen MR) is 45.9 cm³/mol. The van der Waals surface area contributed by atoms with Crippen LogP contribution < -0.4 is 10.6 Å². The molecule has 1 aliphatic carbocycles. The molecule has 1 aliphatic rings. The molecule has 1 atom stereocenters. The highest BCUT2D eigenvalue weighted by Crippen LogP contribution is 2.17. The second-order valence-electron chi connectivity index (χ2n) is 3.33. The van der Waals surface area contributed by atoms with Crippen LogP contribution in [0.5, 0.6) is 0 Å². The quantitative estimate of drug-likeness (QED) is 0.570. The molecule has 1 fully saturated rings. The molecule has 1 saturated carbocycles. The van der Waals surface area contributed by atoms with E-state index in [4.69, 9.17) is 5.11 Å². The van der Waals surface area contributed by atoms with E-state index in [2.05, 4.69) is 10.6 Å². The van der Waals surface area contributed by atoms with Crippen LogP contribution in [-0.2, 0) is 0 Å². The van der Waals surface area contributed by atoms with Gasteiger partial charge in [-0.05, 0) is 26.2 Å². The van der Waals surface area contributed by atoms with Gasteiger partial charge in [-0.3, -0.25) is 0 Å². The lowest BCUT2D eigenvalue weighted by atomic mass is 9.93. The Kier molecular flexibility index (Phi) is 3.34. The number of hydrogen-bond acceptors (Lipinski definition) is 2. The lowest BCUT2D eigenvalue weighted by Gasteiger charge is -2.27. The normalized spacial score (nSPS) is 19.5. The van der Waals surface area contributed by atoms with E-state index < -0.39 is 0 Å². The minimum atomic E-state index is -0.166. The maximum absolute atomic E-state index is 11.1. The van der Waals surface area contributed by atoms with Crippen LogP contribution in [0.15, 0.2) is 0 Å². The molecule has 0 aromatic carbocycles. The Bertz CT molecular complexity index is 148. The molecule has 0 aromatic heterocycles. The molecule has 0 spiro atoms. The van der Waals surface area contributed by atoms with Gasteiger partial charge in [0.2, 0.25) is 0 Å². The van der Waals surface area contributed by atoms with E-state index in [1.165, 1.54) is 6.42 Å². The summed E-state index contributed by atoms with van der Waals surface area (Å²) in [6.45, 7) is 1.75. The van der Waals surface area contributed by atoms with Crippen LogP contribution in [0.25, 0.3) is 0 Å². The van der Waals surface area contributed by atoms with Crippen molar-refractivity contribution in [3.63, 3.8) is 0 Å². The Balaban J connectivity index is 2.10. The maximum Gasteiger partial charge on any atom is 0.315 e. The van der Waals surface area contributed by atoms with E-state index in [1.54, 1.807) is 6.92 Å². The topological polar surface area (TPSA) is 61.4 Å². The van der Waals surface area contributed by atoms with E-state index >= 15 is 0 Å². The summed E-state index contributed by atoms with van der Waals surface area (Å²) in [6.07, 6.45) is 3.38. The number of urea groups is 1. The van der Waals surface area contributed by atoms with Gasteiger partial charge >= 0.3 is 6.03 Å². The molecule has 0 saturated heterocycles. The summed E-state index contributed by atoms with van der Waals surface area (Å²) >= 11 is 0. The fourth-order valence-corrected chi connectivity index (χ4v) is 1.05. The van der Waals surface area contributed by atoms with Crippen LogP contribution >= 0.6 is 0 Å². The van der Waals surface area contributed by atoms with Crippen molar-refractivity contribution in [2.24, 2.45) is 0 Å². The largest absolute Gasteiger partial charge is 0.394 e. The predicted octanol–water partition coefficient (Wildman–Crippen LogP) is 0.219. The van der Waals surface area contributed by atoms with Gasteiger partial charge in [0.25, 0.3) is 0 Å². The van der Waals surface area contributed by atoms with Crippen LogP contribution in [0.2, 0.25) is 0 Å². The number of carbonyl (C=O) groups excluding carboxylic acids is 1. The lowest BCUT2D eigenvalue weighted by Crippen LogP contribution is -2.48. The lowest BCUT2D eigenvalue weighted by molar-refractivity contribution is 0.211. The van der Waals surface area contributed by atoms with Crippen molar-refractivity contribution in [2.75, 3.05) is 6.61 Å². The van der Waals surface area contributed by atoms with Crippen LogP contribution in [-0.4, -0.2) is 29.8 Å². The summed E-state index contributed by atoms with van der Waals surface area (Å²) in [7, 11) is 0. The fourth-order valence-electron chi connectivity index (χ4n) is 1.05. The van der Waals surface area contributed by atoms with Gasteiger partial charge in [-0.2, -0.15) is 0 Å². The zero-order chi connectivity index (χ0) is 8.97. The number of carbonyl (C=O) groups is 1. The van der Waals surface area contributed by atoms with E-state index in [1.807, 2.05) is 0 Å². The summed E-state index contributed by atoms with van der Waals surface area (Å²) < 4.78 is 0. The smallest absolute Gasteiger partial charge is 0.315 e. The molecule has 3 N–H and O–H groups in total. The third-order valence-corrected chi connectivity index (χ3v) is 2.09. The fraction of sp³-hybridized carbons (Fsp3) is 0.875. The number of rotatable bonds is 3. The van der Waals surface area contributed by atoms with E-state index in [0.29, 0.717) is 6.04 Å². The van der Waals surface area contributed by atoms with Gasteiger partial charge in [0, 0.05) is 6.04 Å². The Morgan fingerprint density at radius 2 is 2.33 bits per heavy atom. The first-order valence-electron chi connectivity index (χ1n) is 4.40. The molecule has 0 heterocycles. The number of amides is 2. The van der Waals surface area contributed by atoms with Crippen molar-refractivity contribution in [3.05, 3.63) is 0 Å². The van der Waals surface area contributed by atoms with Gasteiger partial charge in [-0.1, -0.05) is 0 Å². The molecule has 70 valence electrons. The van der Waals surface area contributed by atoms with Gasteiger partial charge in [-0.25, -0.2) is 4.79 Å². The zero-order valence-electron chi connectivity index (χ0n) is 7.34. The number of aliphatic hydroxyl groups is 1. The first-order chi connectivity index (χ1) is 5.72. The Morgan fingerprint density at radius 1 is 1.67 bits per heavy atom. The van der Waals surface area contributed by atoms with Crippen molar-refractivity contribution in [1.82, 2.24) is 10.6 Å². The third-order valence-electron chi connectivity index (χ3n) is 2.09. The van der Waals surface area contributed by atoms with E-state index in [-0.39, 0.29) is 18.7 Å². The average molecular weight is 172 g/mol. The molecule has 0 bridgehead atoms. The SMILES string of the molecule is C[C@H](CO)NC(=O)NC1CCC1. The van der Waals surface area contributed by atoms with Crippen LogP contribution in [0, 0.1) is 0 Å². The summed E-state index contributed by atoms with van der Waals surface area (Å²) in [5.41, 5.74) is 0. The molecule has 0 aromatic rings. The van der Waals surface area contributed by atoms with Crippen LogP contribution in [0.1, 0.15) is 26.2 Å². The monoisotopic (exact) mass is 172 g/mol. The van der Waals surface area contributed by atoms with E-state index in [9.17, 15) is 4.79 Å². The van der Waals surface area contributed by atoms with Crippen LogP contribution in [0.4, 0.5) is 4.79 Å². The molecular weight excluding hydrogens is 156 g/mol. The molecule has 0 unspecified atom stereocenters. The van der Waals surface area contributed by atoms with Gasteiger partial charge in [-0.15, -0.1) is 0 Å². The first-order valence-corrected chi connectivity index (χ1v) is 4.40. The molecule has 12 heavy (non-hydrogen) atoms. The van der Waals surface area contributed by atoms with Gasteiger partial charge in [0.05, 0.1) is 12.6 Å². The highest BCUT2D eigenvalue weighted by Gasteiger charge is 2.19. The van der Waals surface area contributed by atoms with Crippen molar-refractivity contribution in [1.29, 1.82) is 0 Å². The van der Waals surface area contributed by atoms with Crippen molar-refractivity contribution in [3.8, 4) is 0 Å². The third kappa shape index (κ3) is 2.70. The summed E-state index contributed by atoms with van der Waals surface area (Å²) in [4.78, 5) is 11.1. The van der Waals surface area contributed by atoms with Gasteiger partial charge in [0.15, 0.2) is 0 Å². The summed E-state index contributed by atoms with van der Waals surface area (Å²) in [5, 5.41) is 14.1. The first kappa shape index (κ1) is 9.32. The maximum atomic E-state index is 11.1. The molecule has 0 radical (unpaired) electrons. The zero-order valence-corrected chi connectivity index (χ0v) is 7.34. The number of aliphatic hydroxyl groups excluding tert-OH is 1. The molecule has 0 aliphatic heterocycles.